The molecular weight excluding hydrogens is 320 g/mol. The molecule has 0 radical (unpaired) electrons. The molecule has 1 aromatic carbocycles. The first-order valence-electron chi connectivity index (χ1n) is 8.30. The normalized spacial score (nSPS) is 14.1. The van der Waals surface area contributed by atoms with Crippen LogP contribution in [0.1, 0.15) is 39.7 Å². The third-order valence-corrected chi connectivity index (χ3v) is 4.10. The molecule has 0 aliphatic heterocycles. The lowest BCUT2D eigenvalue weighted by Gasteiger charge is -2.28. The molecule has 136 valence electrons. The molecule has 6 heteroatoms. The van der Waals surface area contributed by atoms with E-state index in [2.05, 4.69) is 11.4 Å². The van der Waals surface area contributed by atoms with E-state index in [4.69, 9.17) is 9.47 Å². The third kappa shape index (κ3) is 6.11. The molecule has 0 aliphatic rings. The van der Waals surface area contributed by atoms with Gasteiger partial charge in [-0.1, -0.05) is 32.0 Å². The van der Waals surface area contributed by atoms with Crippen LogP contribution in [-0.2, 0) is 14.3 Å². The highest BCUT2D eigenvalue weighted by molar-refractivity contribution is 5.84. The van der Waals surface area contributed by atoms with Crippen molar-refractivity contribution in [1.82, 2.24) is 5.32 Å². The number of ether oxygens (including phenoxy) is 2. The summed E-state index contributed by atoms with van der Waals surface area (Å²) in [5.74, 6) is -0.389. The first-order chi connectivity index (χ1) is 11.7. The van der Waals surface area contributed by atoms with Crippen LogP contribution in [-0.4, -0.2) is 30.1 Å². The molecule has 2 atom stereocenters. The Kier molecular flexibility index (Phi) is 7.43. The van der Waals surface area contributed by atoms with Gasteiger partial charge in [0.25, 0.3) is 5.91 Å². The molecule has 1 N–H and O–H groups in total. The van der Waals surface area contributed by atoms with Crippen LogP contribution in [0.4, 0.5) is 0 Å². The predicted octanol–water partition coefficient (Wildman–Crippen LogP) is 2.75. The monoisotopic (exact) mass is 346 g/mol. The number of rotatable bonds is 8. The lowest BCUT2D eigenvalue weighted by Crippen LogP contribution is -2.52. The average molecular weight is 346 g/mol. The summed E-state index contributed by atoms with van der Waals surface area (Å²) in [7, 11) is 0. The van der Waals surface area contributed by atoms with Crippen LogP contribution in [0.15, 0.2) is 24.3 Å². The summed E-state index contributed by atoms with van der Waals surface area (Å²) >= 11 is 0. The number of amides is 1. The number of esters is 1. The SMILES string of the molecule is Cc1ccccc1OCCC(=O)OC(C)C(=O)NC(C)(C#N)C(C)C. The number of nitriles is 1. The van der Waals surface area contributed by atoms with Crippen molar-refractivity contribution in [3.05, 3.63) is 29.8 Å². The van der Waals surface area contributed by atoms with Crippen molar-refractivity contribution in [2.45, 2.75) is 52.7 Å². The minimum atomic E-state index is -1.01. The maximum atomic E-state index is 12.1. The molecule has 2 unspecified atom stereocenters. The summed E-state index contributed by atoms with van der Waals surface area (Å²) < 4.78 is 10.6. The second kappa shape index (κ2) is 9.07. The Labute approximate surface area is 149 Å². The van der Waals surface area contributed by atoms with Crippen LogP contribution in [0.2, 0.25) is 0 Å². The summed E-state index contributed by atoms with van der Waals surface area (Å²) in [5, 5.41) is 11.9. The maximum Gasteiger partial charge on any atom is 0.310 e. The number of carbonyl (C=O) groups is 2. The van der Waals surface area contributed by atoms with Gasteiger partial charge in [0.15, 0.2) is 6.10 Å². The van der Waals surface area contributed by atoms with Crippen molar-refractivity contribution in [3.8, 4) is 11.8 Å². The molecule has 1 rings (SSSR count). The van der Waals surface area contributed by atoms with Crippen LogP contribution in [0.5, 0.6) is 5.75 Å². The Morgan fingerprint density at radius 3 is 2.48 bits per heavy atom. The number of para-hydroxylation sites is 1. The number of aryl methyl sites for hydroxylation is 1. The van der Waals surface area contributed by atoms with Crippen molar-refractivity contribution in [2.75, 3.05) is 6.61 Å². The predicted molar refractivity (Wildman–Crippen MR) is 93.8 cm³/mol. The van der Waals surface area contributed by atoms with Gasteiger partial charge in [0, 0.05) is 0 Å². The lowest BCUT2D eigenvalue weighted by molar-refractivity contribution is -0.155. The number of hydrogen-bond acceptors (Lipinski definition) is 5. The van der Waals surface area contributed by atoms with Crippen molar-refractivity contribution in [3.63, 3.8) is 0 Å². The van der Waals surface area contributed by atoms with Crippen LogP contribution in [0, 0.1) is 24.2 Å². The highest BCUT2D eigenvalue weighted by Crippen LogP contribution is 2.17. The largest absolute Gasteiger partial charge is 0.493 e. The minimum absolute atomic E-state index is 0.0334. The van der Waals surface area contributed by atoms with Gasteiger partial charge in [0.2, 0.25) is 0 Å². The number of benzene rings is 1. The molecule has 6 nitrogen and oxygen atoms in total. The standard InChI is InChI=1S/C19H26N2O4/c1-13(2)19(5,12-20)21-18(23)15(4)25-17(22)10-11-24-16-9-7-6-8-14(16)3/h6-9,13,15H,10-11H2,1-5H3,(H,21,23). The van der Waals surface area contributed by atoms with Crippen molar-refractivity contribution >= 4 is 11.9 Å². The molecule has 0 spiro atoms. The van der Waals surface area contributed by atoms with Crippen LogP contribution in [0.25, 0.3) is 0 Å². The summed E-state index contributed by atoms with van der Waals surface area (Å²) in [6, 6.07) is 9.59. The zero-order chi connectivity index (χ0) is 19.0. The molecular formula is C19H26N2O4. The van der Waals surface area contributed by atoms with Crippen molar-refractivity contribution in [1.29, 1.82) is 5.26 Å². The molecule has 1 aromatic rings. The quantitative estimate of drug-likeness (QED) is 0.731. The van der Waals surface area contributed by atoms with E-state index in [1.165, 1.54) is 6.92 Å². The zero-order valence-electron chi connectivity index (χ0n) is 15.5. The first-order valence-corrected chi connectivity index (χ1v) is 8.30. The van der Waals surface area contributed by atoms with Gasteiger partial charge in [0.1, 0.15) is 11.3 Å². The minimum Gasteiger partial charge on any atom is -0.493 e. The molecule has 0 aliphatic carbocycles. The fourth-order valence-electron chi connectivity index (χ4n) is 1.93. The number of hydrogen-bond donors (Lipinski definition) is 1. The molecule has 0 saturated heterocycles. The lowest BCUT2D eigenvalue weighted by atomic mass is 9.90. The van der Waals surface area contributed by atoms with Gasteiger partial charge >= 0.3 is 5.97 Å². The molecule has 0 bridgehead atoms. The Bertz CT molecular complexity index is 651. The van der Waals surface area contributed by atoms with E-state index in [0.717, 1.165) is 5.56 Å². The highest BCUT2D eigenvalue weighted by Gasteiger charge is 2.32. The number of carbonyl (C=O) groups excluding carboxylic acids is 2. The van der Waals surface area contributed by atoms with E-state index in [1.807, 2.05) is 45.0 Å². The first kappa shape index (κ1) is 20.5. The smallest absolute Gasteiger partial charge is 0.310 e. The molecule has 0 fully saturated rings. The van der Waals surface area contributed by atoms with E-state index < -0.39 is 23.5 Å². The molecule has 0 heterocycles. The average Bonchev–Trinajstić information content (AvgIpc) is 2.56. The van der Waals surface area contributed by atoms with Gasteiger partial charge in [-0.05, 0) is 38.3 Å². The molecule has 0 saturated carbocycles. The summed E-state index contributed by atoms with van der Waals surface area (Å²) in [5.41, 5.74) is -0.0285. The molecule has 25 heavy (non-hydrogen) atoms. The van der Waals surface area contributed by atoms with Crippen molar-refractivity contribution < 1.29 is 19.1 Å². The fraction of sp³-hybridized carbons (Fsp3) is 0.526. The second-order valence-electron chi connectivity index (χ2n) is 6.45. The molecule has 0 aromatic heterocycles. The Morgan fingerprint density at radius 1 is 1.28 bits per heavy atom. The van der Waals surface area contributed by atoms with Crippen LogP contribution in [0.3, 0.4) is 0 Å². The maximum absolute atomic E-state index is 12.1. The number of nitrogens with one attached hydrogen (secondary N) is 1. The van der Waals surface area contributed by atoms with Gasteiger partial charge in [0.05, 0.1) is 19.1 Å². The van der Waals surface area contributed by atoms with E-state index in [-0.39, 0.29) is 18.9 Å². The van der Waals surface area contributed by atoms with Gasteiger partial charge in [-0.15, -0.1) is 0 Å². The zero-order valence-corrected chi connectivity index (χ0v) is 15.5. The highest BCUT2D eigenvalue weighted by atomic mass is 16.5. The Balaban J connectivity index is 2.44. The summed E-state index contributed by atoms with van der Waals surface area (Å²) in [6.45, 7) is 8.88. The number of nitrogens with zero attached hydrogens (tertiary/aromatic N) is 1. The van der Waals surface area contributed by atoms with Gasteiger partial charge in [-0.3, -0.25) is 9.59 Å². The van der Waals surface area contributed by atoms with Gasteiger partial charge in [-0.25, -0.2) is 0 Å². The fourth-order valence-corrected chi connectivity index (χ4v) is 1.93. The van der Waals surface area contributed by atoms with E-state index in [1.54, 1.807) is 6.92 Å². The van der Waals surface area contributed by atoms with Gasteiger partial charge in [-0.2, -0.15) is 5.26 Å². The third-order valence-electron chi connectivity index (χ3n) is 4.10. The van der Waals surface area contributed by atoms with E-state index >= 15 is 0 Å². The summed E-state index contributed by atoms with van der Waals surface area (Å²) in [6.07, 6.45) is -0.941. The summed E-state index contributed by atoms with van der Waals surface area (Å²) in [4.78, 5) is 24.0. The Morgan fingerprint density at radius 2 is 1.92 bits per heavy atom. The topological polar surface area (TPSA) is 88.4 Å². The van der Waals surface area contributed by atoms with E-state index in [9.17, 15) is 14.9 Å². The van der Waals surface area contributed by atoms with Crippen LogP contribution >= 0.6 is 0 Å². The Hall–Kier alpha value is -2.55. The van der Waals surface area contributed by atoms with Gasteiger partial charge < -0.3 is 14.8 Å². The molecule has 1 amide bonds. The van der Waals surface area contributed by atoms with Crippen molar-refractivity contribution in [2.24, 2.45) is 5.92 Å². The van der Waals surface area contributed by atoms with E-state index in [0.29, 0.717) is 5.75 Å². The second-order valence-corrected chi connectivity index (χ2v) is 6.45. The van der Waals surface area contributed by atoms with Crippen LogP contribution < -0.4 is 10.1 Å².